The quantitative estimate of drug-likeness (QED) is 0.0762. The molecule has 0 amide bonds. The van der Waals surface area contributed by atoms with Crippen molar-refractivity contribution in [3.63, 3.8) is 0 Å². The molecule has 4 nitrogen and oxygen atoms in total. The van der Waals surface area contributed by atoms with Crippen LogP contribution in [0.5, 0.6) is 0 Å². The molecule has 9 unspecified atom stereocenters. The molecule has 2 fully saturated rings. The van der Waals surface area contributed by atoms with E-state index in [1.807, 2.05) is 12.3 Å². The van der Waals surface area contributed by atoms with Crippen molar-refractivity contribution in [2.75, 3.05) is 0 Å². The van der Waals surface area contributed by atoms with Gasteiger partial charge in [-0.3, -0.25) is 9.89 Å². The summed E-state index contributed by atoms with van der Waals surface area (Å²) in [5.74, 6) is 2.01. The van der Waals surface area contributed by atoms with E-state index in [0.29, 0.717) is 48.1 Å². The molecule has 4 heteroatoms. The molecule has 400 valence electrons. The van der Waals surface area contributed by atoms with Crippen molar-refractivity contribution in [1.29, 1.82) is 10.8 Å². The van der Waals surface area contributed by atoms with E-state index in [1.54, 1.807) is 50.1 Å². The van der Waals surface area contributed by atoms with Crippen LogP contribution in [0.25, 0.3) is 32.7 Å². The number of rotatable bonds is 13. The second-order valence-corrected chi connectivity index (χ2v) is 25.2. The summed E-state index contributed by atoms with van der Waals surface area (Å²) < 4.78 is 0. The second kappa shape index (κ2) is 19.3. The Morgan fingerprint density at radius 1 is 0.716 bits per heavy atom. The molecule has 2 N–H and O–H groups in total. The van der Waals surface area contributed by atoms with Gasteiger partial charge in [-0.15, -0.1) is 0 Å². The van der Waals surface area contributed by atoms with E-state index in [9.17, 15) is 0 Å². The largest absolute Gasteiger partial charge is 0.313 e. The minimum absolute atomic E-state index is 0.0578. The van der Waals surface area contributed by atoms with Gasteiger partial charge in [0.05, 0.1) is 12.1 Å². The van der Waals surface area contributed by atoms with Crippen molar-refractivity contribution in [2.24, 2.45) is 40.0 Å². The molecule has 3 aromatic rings. The lowest BCUT2D eigenvalue weighted by Crippen LogP contribution is -2.42. The number of aliphatic imine (C=N–C) groups is 1. The summed E-state index contributed by atoms with van der Waals surface area (Å²) in [6.45, 7) is 4.89. The second-order valence-electron chi connectivity index (χ2n) is 25.2. The minimum Gasteiger partial charge on any atom is -0.313 e. The fourth-order valence-corrected chi connectivity index (χ4v) is 18.0. The highest BCUT2D eigenvalue weighted by molar-refractivity contribution is 6.12. The number of nitrogens with zero attached hydrogens (tertiary/aromatic N) is 2. The molecule has 3 aliphatic heterocycles. The summed E-state index contributed by atoms with van der Waals surface area (Å²) in [6.07, 6.45) is 69.2. The highest BCUT2D eigenvalue weighted by Crippen LogP contribution is 2.61. The van der Waals surface area contributed by atoms with Crippen molar-refractivity contribution in [3.8, 4) is 0 Å². The first kappa shape index (κ1) is 49.3. The highest BCUT2D eigenvalue weighted by atomic mass is 15.4. The lowest BCUT2D eigenvalue weighted by molar-refractivity contribution is 0.295. The van der Waals surface area contributed by atoms with Crippen LogP contribution in [0.15, 0.2) is 241 Å². The third kappa shape index (κ3) is 7.47. The average molecular weight is 1050 g/mol. The maximum Gasteiger partial charge on any atom is 0.128 e. The van der Waals surface area contributed by atoms with E-state index in [2.05, 4.69) is 177 Å². The minimum atomic E-state index is 0.0578. The molecular formula is C77H72N4. The Morgan fingerprint density at radius 2 is 1.44 bits per heavy atom. The highest BCUT2D eigenvalue weighted by Gasteiger charge is 2.57. The summed E-state index contributed by atoms with van der Waals surface area (Å²) in [5, 5.41) is 24.1. The van der Waals surface area contributed by atoms with E-state index in [1.165, 1.54) is 83.4 Å². The van der Waals surface area contributed by atoms with Crippen LogP contribution in [-0.2, 0) is 12.8 Å². The third-order valence-electron chi connectivity index (χ3n) is 21.8. The Kier molecular flexibility index (Phi) is 11.8. The van der Waals surface area contributed by atoms with Crippen LogP contribution in [0, 0.1) is 45.8 Å². The van der Waals surface area contributed by atoms with Crippen molar-refractivity contribution in [1.82, 2.24) is 4.90 Å². The Bertz CT molecular complexity index is 4130. The number of hydrogen-bond acceptors (Lipinski definition) is 4. The van der Waals surface area contributed by atoms with Gasteiger partial charge in [-0.2, -0.15) is 0 Å². The van der Waals surface area contributed by atoms with Crippen LogP contribution in [0.4, 0.5) is 0 Å². The molecule has 16 rings (SSSR count). The summed E-state index contributed by atoms with van der Waals surface area (Å²) in [4.78, 5) is 7.53. The van der Waals surface area contributed by atoms with Crippen LogP contribution in [0.1, 0.15) is 95.6 Å². The van der Waals surface area contributed by atoms with E-state index in [0.717, 1.165) is 82.6 Å². The first-order valence-corrected chi connectivity index (χ1v) is 30.9. The van der Waals surface area contributed by atoms with E-state index in [-0.39, 0.29) is 11.6 Å². The van der Waals surface area contributed by atoms with Gasteiger partial charge in [-0.1, -0.05) is 177 Å². The zero-order chi connectivity index (χ0) is 54.1. The monoisotopic (exact) mass is 1050 g/mol. The molecule has 0 spiro atoms. The maximum absolute atomic E-state index is 7.86. The van der Waals surface area contributed by atoms with Gasteiger partial charge in [0.15, 0.2) is 0 Å². The van der Waals surface area contributed by atoms with E-state index in [4.69, 9.17) is 15.8 Å². The summed E-state index contributed by atoms with van der Waals surface area (Å²) >= 11 is 0. The van der Waals surface area contributed by atoms with Crippen LogP contribution in [-0.4, -0.2) is 41.8 Å². The van der Waals surface area contributed by atoms with Crippen molar-refractivity contribution in [3.05, 3.63) is 258 Å². The zero-order valence-electron chi connectivity index (χ0n) is 47.0. The fourth-order valence-electron chi connectivity index (χ4n) is 18.0. The lowest BCUT2D eigenvalue weighted by Gasteiger charge is -2.51. The Morgan fingerprint density at radius 3 is 2.21 bits per heavy atom. The van der Waals surface area contributed by atoms with Crippen LogP contribution in [0.2, 0.25) is 0 Å². The molecule has 3 aromatic carbocycles. The lowest BCUT2D eigenvalue weighted by atomic mass is 9.52. The van der Waals surface area contributed by atoms with Gasteiger partial charge in [0.2, 0.25) is 0 Å². The SMILES string of the molecule is CCC1(CC)C2=C(CCC(/C=C/C3=CCC4C5=CC=C(/C=C/C=C(\C=N)CCC=N)C6C=CC=C(C7=CC=CC3C74)C56)=C2)C2=C1C=C(/C=C/C1=c3cccc4c3c(c3c5c(cccc54)=C(C4C5C=C6C=CC=NC6N54)CC3)CC1)CC2. The van der Waals surface area contributed by atoms with Crippen molar-refractivity contribution >= 4 is 51.3 Å². The number of aryl methyl sites for hydroxylation is 2. The normalized spacial score (nSPS) is 30.3. The van der Waals surface area contributed by atoms with Gasteiger partial charge >= 0.3 is 0 Å². The number of dihydropyridines is 1. The number of hydrogen-bond donors (Lipinski definition) is 2. The fraction of sp³-hybridized carbons (Fsp3) is 0.312. The van der Waals surface area contributed by atoms with E-state index < -0.39 is 0 Å². The molecule has 0 bridgehead atoms. The molecule has 13 aliphatic rings. The summed E-state index contributed by atoms with van der Waals surface area (Å²) in [5.41, 5.74) is 25.7. The molecular weight excluding hydrogens is 981 g/mol. The number of nitrogens with one attached hydrogen (secondary N) is 2. The molecule has 1 saturated heterocycles. The molecule has 9 atom stereocenters. The standard InChI is InChI=1S/C77H72N4/c1-3-77(4-2)68-42-46(24-28-50-31-36-64-63-35-30-49(14-5-12-48(45-79)13-10-40-78)53-16-6-19-58(71(53)63)59-20-7-17-54(50)72(59)64)26-33-56(68)57-34-27-47(43-69(57)77)25-29-51-32-37-65-66-38-39-67(75-70-44-52-15-11-41-80-76(52)81(70)75)62-23-9-22-61(74(62)66)60-21-8-18-55(51)73(60)65/h5-9,11-12,14-25,28-31,35,40-45,53-54,64,70-72,75-76,78-79H,3-4,10,13,26-27,32-34,36-39H2,1-2H3/b14-5+,28-24+,29-25+,48-12-,78-40?,79-45?. The van der Waals surface area contributed by atoms with Gasteiger partial charge in [0.25, 0.3) is 0 Å². The molecule has 3 heterocycles. The smallest absolute Gasteiger partial charge is 0.128 e. The summed E-state index contributed by atoms with van der Waals surface area (Å²) in [6, 6.07) is 15.3. The number of fused-ring (bicyclic) bond motifs is 8. The Balaban J connectivity index is 0.666. The Hall–Kier alpha value is -7.53. The maximum atomic E-state index is 7.86. The van der Waals surface area contributed by atoms with Gasteiger partial charge in [-0.25, -0.2) is 0 Å². The predicted octanol–water partition coefficient (Wildman–Crippen LogP) is 16.0. The first-order chi connectivity index (χ1) is 40.0. The molecule has 0 aromatic heterocycles. The first-order valence-electron chi connectivity index (χ1n) is 30.9. The van der Waals surface area contributed by atoms with Gasteiger partial charge < -0.3 is 10.8 Å². The van der Waals surface area contributed by atoms with E-state index >= 15 is 0 Å². The van der Waals surface area contributed by atoms with Crippen LogP contribution < -0.4 is 10.4 Å². The molecule has 81 heavy (non-hydrogen) atoms. The van der Waals surface area contributed by atoms with Crippen molar-refractivity contribution < 1.29 is 0 Å². The average Bonchev–Trinajstić information content (AvgIpc) is 4.20. The number of allylic oxidation sites excluding steroid dienone is 31. The van der Waals surface area contributed by atoms with Gasteiger partial charge in [-0.05, 0) is 223 Å². The van der Waals surface area contributed by atoms with Crippen molar-refractivity contribution in [2.45, 2.75) is 116 Å². The third-order valence-corrected chi connectivity index (χ3v) is 21.8. The molecule has 1 saturated carbocycles. The molecule has 0 radical (unpaired) electrons. The molecule has 10 aliphatic carbocycles. The van der Waals surface area contributed by atoms with Gasteiger partial charge in [0.1, 0.15) is 6.17 Å². The van der Waals surface area contributed by atoms with Gasteiger partial charge in [0, 0.05) is 41.5 Å². The summed E-state index contributed by atoms with van der Waals surface area (Å²) in [7, 11) is 0. The number of benzene rings is 3. The topological polar surface area (TPSA) is 63.1 Å². The Labute approximate surface area is 478 Å². The zero-order valence-corrected chi connectivity index (χ0v) is 47.0. The predicted molar refractivity (Wildman–Crippen MR) is 338 cm³/mol. The van der Waals surface area contributed by atoms with Crippen LogP contribution >= 0.6 is 0 Å². The van der Waals surface area contributed by atoms with Crippen LogP contribution in [0.3, 0.4) is 0 Å².